The van der Waals surface area contributed by atoms with Crippen molar-refractivity contribution in [2.75, 3.05) is 52.5 Å². The Hall–Kier alpha value is -2.19. The SMILES string of the molecule is Cc1cc(C)c2c(OCC(=O)N3CCC(CCN4CCOCC4)CC3)nn(C)c2n1. The fraction of sp³-hybridized carbons (Fsp3) is 0.682. The van der Waals surface area contributed by atoms with Crippen LogP contribution in [0.4, 0.5) is 0 Å². The molecule has 0 bridgehead atoms. The minimum atomic E-state index is 0.0257. The molecule has 0 atom stereocenters. The van der Waals surface area contributed by atoms with Gasteiger partial charge in [-0.05, 0) is 57.2 Å². The van der Waals surface area contributed by atoms with Gasteiger partial charge in [-0.1, -0.05) is 0 Å². The zero-order chi connectivity index (χ0) is 21.1. The van der Waals surface area contributed by atoms with Crippen LogP contribution >= 0.6 is 0 Å². The summed E-state index contributed by atoms with van der Waals surface area (Å²) in [6, 6.07) is 2.01. The van der Waals surface area contributed by atoms with Crippen molar-refractivity contribution in [2.45, 2.75) is 33.1 Å². The average Bonchev–Trinajstić information content (AvgIpc) is 3.07. The molecule has 0 aliphatic carbocycles. The van der Waals surface area contributed by atoms with E-state index in [1.807, 2.05) is 31.9 Å². The number of hydrogen-bond acceptors (Lipinski definition) is 6. The second-order valence-corrected chi connectivity index (χ2v) is 8.56. The Kier molecular flexibility index (Phi) is 6.53. The number of piperidine rings is 1. The van der Waals surface area contributed by atoms with Crippen LogP contribution in [0.1, 0.15) is 30.5 Å². The van der Waals surface area contributed by atoms with Crippen LogP contribution in [0.25, 0.3) is 11.0 Å². The molecule has 1 amide bonds. The summed E-state index contributed by atoms with van der Waals surface area (Å²) < 4.78 is 13.0. The van der Waals surface area contributed by atoms with Gasteiger partial charge >= 0.3 is 0 Å². The summed E-state index contributed by atoms with van der Waals surface area (Å²) in [5.74, 6) is 1.24. The number of fused-ring (bicyclic) bond motifs is 1. The van der Waals surface area contributed by atoms with E-state index in [4.69, 9.17) is 9.47 Å². The molecule has 0 N–H and O–H groups in total. The van der Waals surface area contributed by atoms with Crippen LogP contribution in [0.3, 0.4) is 0 Å². The van der Waals surface area contributed by atoms with Gasteiger partial charge in [0.15, 0.2) is 12.3 Å². The first kappa shape index (κ1) is 21.1. The minimum Gasteiger partial charge on any atom is -0.466 e. The number of ether oxygens (including phenoxy) is 2. The van der Waals surface area contributed by atoms with Crippen molar-refractivity contribution >= 4 is 16.9 Å². The number of rotatable bonds is 6. The Balaban J connectivity index is 1.26. The molecule has 0 saturated carbocycles. The zero-order valence-corrected chi connectivity index (χ0v) is 18.4. The predicted octanol–water partition coefficient (Wildman–Crippen LogP) is 1.92. The van der Waals surface area contributed by atoms with Gasteiger partial charge < -0.3 is 14.4 Å². The van der Waals surface area contributed by atoms with E-state index in [0.29, 0.717) is 11.8 Å². The van der Waals surface area contributed by atoms with E-state index in [2.05, 4.69) is 15.0 Å². The monoisotopic (exact) mass is 415 g/mol. The Bertz CT molecular complexity index is 883. The Morgan fingerprint density at radius 3 is 2.67 bits per heavy atom. The molecule has 0 aromatic carbocycles. The molecule has 2 fully saturated rings. The number of carbonyl (C=O) groups excluding carboxylic acids is 1. The van der Waals surface area contributed by atoms with Crippen LogP contribution in [0.5, 0.6) is 5.88 Å². The highest BCUT2D eigenvalue weighted by atomic mass is 16.5. The average molecular weight is 416 g/mol. The van der Waals surface area contributed by atoms with E-state index < -0.39 is 0 Å². The highest BCUT2D eigenvalue weighted by Gasteiger charge is 2.24. The number of aryl methyl sites for hydroxylation is 3. The Morgan fingerprint density at radius 1 is 1.20 bits per heavy atom. The van der Waals surface area contributed by atoms with Crippen LogP contribution in [0, 0.1) is 19.8 Å². The molecule has 2 aliphatic rings. The summed E-state index contributed by atoms with van der Waals surface area (Å²) in [6.07, 6.45) is 3.36. The van der Waals surface area contributed by atoms with Crippen LogP contribution < -0.4 is 4.74 Å². The topological polar surface area (TPSA) is 72.7 Å². The molecule has 30 heavy (non-hydrogen) atoms. The normalized spacial score (nSPS) is 18.8. The summed E-state index contributed by atoms with van der Waals surface area (Å²) in [6.45, 7) is 10.6. The summed E-state index contributed by atoms with van der Waals surface area (Å²) in [4.78, 5) is 21.7. The van der Waals surface area contributed by atoms with E-state index in [-0.39, 0.29) is 12.5 Å². The largest absolute Gasteiger partial charge is 0.466 e. The fourth-order valence-electron chi connectivity index (χ4n) is 4.53. The van der Waals surface area contributed by atoms with Gasteiger partial charge in [0.05, 0.1) is 18.6 Å². The molecule has 2 aliphatic heterocycles. The maximum atomic E-state index is 12.7. The minimum absolute atomic E-state index is 0.0257. The molecule has 0 radical (unpaired) electrons. The molecular formula is C22H33N5O3. The zero-order valence-electron chi connectivity index (χ0n) is 18.4. The summed E-state index contributed by atoms with van der Waals surface area (Å²) >= 11 is 0. The van der Waals surface area contributed by atoms with Gasteiger partial charge in [0.25, 0.3) is 5.91 Å². The molecule has 2 aromatic rings. The van der Waals surface area contributed by atoms with Crippen molar-refractivity contribution in [3.05, 3.63) is 17.3 Å². The number of amides is 1. The Morgan fingerprint density at radius 2 is 1.93 bits per heavy atom. The van der Waals surface area contributed by atoms with Gasteiger partial charge in [-0.25, -0.2) is 9.67 Å². The second-order valence-electron chi connectivity index (χ2n) is 8.56. The highest BCUT2D eigenvalue weighted by molar-refractivity contribution is 5.85. The first-order chi connectivity index (χ1) is 14.5. The highest BCUT2D eigenvalue weighted by Crippen LogP contribution is 2.27. The number of aromatic nitrogens is 3. The Labute approximate surface area is 178 Å². The molecule has 4 heterocycles. The number of nitrogens with zero attached hydrogens (tertiary/aromatic N) is 5. The van der Waals surface area contributed by atoms with Crippen molar-refractivity contribution < 1.29 is 14.3 Å². The number of pyridine rings is 1. The van der Waals surface area contributed by atoms with Gasteiger partial charge in [-0.3, -0.25) is 9.69 Å². The van der Waals surface area contributed by atoms with Gasteiger partial charge in [-0.15, -0.1) is 5.10 Å². The van der Waals surface area contributed by atoms with E-state index in [9.17, 15) is 4.79 Å². The van der Waals surface area contributed by atoms with Crippen molar-refractivity contribution in [2.24, 2.45) is 13.0 Å². The molecular weight excluding hydrogens is 382 g/mol. The van der Waals surface area contributed by atoms with Gasteiger partial charge in [0, 0.05) is 38.9 Å². The first-order valence-electron chi connectivity index (χ1n) is 11.0. The smallest absolute Gasteiger partial charge is 0.260 e. The van der Waals surface area contributed by atoms with Gasteiger partial charge in [-0.2, -0.15) is 0 Å². The molecule has 164 valence electrons. The first-order valence-corrected chi connectivity index (χ1v) is 11.0. The molecule has 0 unspecified atom stereocenters. The molecule has 2 aromatic heterocycles. The fourth-order valence-corrected chi connectivity index (χ4v) is 4.53. The lowest BCUT2D eigenvalue weighted by Crippen LogP contribution is -2.42. The van der Waals surface area contributed by atoms with E-state index in [1.165, 1.54) is 6.42 Å². The third kappa shape index (κ3) is 4.75. The maximum absolute atomic E-state index is 12.7. The van der Waals surface area contributed by atoms with Crippen molar-refractivity contribution in [3.8, 4) is 5.88 Å². The summed E-state index contributed by atoms with van der Waals surface area (Å²) in [5.41, 5.74) is 2.80. The van der Waals surface area contributed by atoms with Crippen molar-refractivity contribution in [1.29, 1.82) is 0 Å². The number of morpholine rings is 1. The quantitative estimate of drug-likeness (QED) is 0.718. The van der Waals surface area contributed by atoms with Crippen molar-refractivity contribution in [1.82, 2.24) is 24.6 Å². The van der Waals surface area contributed by atoms with Crippen LogP contribution in [0.15, 0.2) is 6.07 Å². The molecule has 8 nitrogen and oxygen atoms in total. The standard InChI is InChI=1S/C22H33N5O3/c1-16-14-17(2)23-21-20(16)22(24-25(21)3)30-15-19(28)27-8-5-18(6-9-27)4-7-26-10-12-29-13-11-26/h14,18H,4-13,15H2,1-3H3. The number of likely N-dealkylation sites (tertiary alicyclic amines) is 1. The van der Waals surface area contributed by atoms with Crippen molar-refractivity contribution in [3.63, 3.8) is 0 Å². The second kappa shape index (κ2) is 9.31. The van der Waals surface area contributed by atoms with Crippen LogP contribution in [-0.4, -0.2) is 83.0 Å². The number of hydrogen-bond donors (Lipinski definition) is 0. The lowest BCUT2D eigenvalue weighted by Gasteiger charge is -2.33. The third-order valence-corrected chi connectivity index (χ3v) is 6.34. The summed E-state index contributed by atoms with van der Waals surface area (Å²) in [7, 11) is 1.85. The lowest BCUT2D eigenvalue weighted by molar-refractivity contribution is -0.134. The van der Waals surface area contributed by atoms with Crippen LogP contribution in [0.2, 0.25) is 0 Å². The van der Waals surface area contributed by atoms with E-state index in [0.717, 1.165) is 81.1 Å². The van der Waals surface area contributed by atoms with Crippen LogP contribution in [-0.2, 0) is 16.6 Å². The molecule has 0 spiro atoms. The van der Waals surface area contributed by atoms with Gasteiger partial charge in [0.1, 0.15) is 0 Å². The lowest BCUT2D eigenvalue weighted by atomic mass is 9.93. The molecule has 4 rings (SSSR count). The van der Waals surface area contributed by atoms with E-state index >= 15 is 0 Å². The third-order valence-electron chi connectivity index (χ3n) is 6.34. The summed E-state index contributed by atoms with van der Waals surface area (Å²) in [5, 5.41) is 5.32. The molecule has 2 saturated heterocycles. The van der Waals surface area contributed by atoms with E-state index in [1.54, 1.807) is 4.68 Å². The maximum Gasteiger partial charge on any atom is 0.260 e. The predicted molar refractivity (Wildman–Crippen MR) is 115 cm³/mol. The molecule has 8 heteroatoms. The number of carbonyl (C=O) groups is 1. The van der Waals surface area contributed by atoms with Gasteiger partial charge in [0.2, 0.25) is 5.88 Å².